The third-order valence-corrected chi connectivity index (χ3v) is 1.65. The van der Waals surface area contributed by atoms with Crippen molar-refractivity contribution in [3.63, 3.8) is 0 Å². The third kappa shape index (κ3) is 1.73. The first-order valence-electron chi connectivity index (χ1n) is 3.59. The second-order valence-electron chi connectivity index (χ2n) is 2.49. The number of nitro benzene ring substituents is 1. The van der Waals surface area contributed by atoms with E-state index in [1.165, 1.54) is 6.07 Å². The number of nitro groups is 1. The number of carboxylic acid groups (broad SMARTS) is 1. The lowest BCUT2D eigenvalue weighted by Crippen LogP contribution is -2.07. The van der Waals surface area contributed by atoms with Crippen molar-refractivity contribution in [3.05, 3.63) is 39.2 Å². The van der Waals surface area contributed by atoms with Crippen molar-refractivity contribution in [3.8, 4) is 6.07 Å². The van der Waals surface area contributed by atoms with Gasteiger partial charge in [-0.25, -0.2) is 9.18 Å². The molecule has 0 spiro atoms. The smallest absolute Gasteiger partial charge is 0.344 e. The summed E-state index contributed by atoms with van der Waals surface area (Å²) in [5.74, 6) is -2.81. The van der Waals surface area contributed by atoms with Gasteiger partial charge < -0.3 is 5.11 Å². The second-order valence-corrected chi connectivity index (χ2v) is 2.49. The minimum absolute atomic E-state index is 0.684. The normalized spacial score (nSPS) is 9.33. The Bertz CT molecular complexity index is 492. The van der Waals surface area contributed by atoms with Crippen LogP contribution in [0, 0.1) is 27.3 Å². The highest BCUT2D eigenvalue weighted by Crippen LogP contribution is 2.24. The fraction of sp³-hybridized carbons (Fsp3) is 0. The highest BCUT2D eigenvalue weighted by molar-refractivity contribution is 5.95. The van der Waals surface area contributed by atoms with Gasteiger partial charge in [0, 0.05) is 6.07 Å². The summed E-state index contributed by atoms with van der Waals surface area (Å²) in [4.78, 5) is 20.1. The van der Waals surface area contributed by atoms with Gasteiger partial charge in [-0.05, 0) is 6.07 Å². The number of nitrogens with zero attached hydrogens (tertiary/aromatic N) is 2. The first kappa shape index (κ1) is 10.6. The van der Waals surface area contributed by atoms with Crippen molar-refractivity contribution in [2.24, 2.45) is 0 Å². The average Bonchev–Trinajstić information content (AvgIpc) is 2.16. The Kier molecular flexibility index (Phi) is 2.62. The van der Waals surface area contributed by atoms with Crippen LogP contribution in [0.3, 0.4) is 0 Å². The summed E-state index contributed by atoms with van der Waals surface area (Å²) < 4.78 is 12.9. The maximum absolute atomic E-state index is 12.9. The van der Waals surface area contributed by atoms with E-state index in [1.54, 1.807) is 0 Å². The molecule has 1 aromatic rings. The number of carboxylic acids is 1. The number of aromatic carboxylic acids is 1. The first-order chi connectivity index (χ1) is 6.99. The van der Waals surface area contributed by atoms with Gasteiger partial charge in [-0.1, -0.05) is 0 Å². The Morgan fingerprint density at radius 1 is 1.60 bits per heavy atom. The zero-order valence-corrected chi connectivity index (χ0v) is 7.10. The van der Waals surface area contributed by atoms with Gasteiger partial charge in [0.25, 0.3) is 5.69 Å². The molecule has 0 aliphatic rings. The van der Waals surface area contributed by atoms with Crippen LogP contribution >= 0.6 is 0 Å². The molecular formula is C8H3FN2O4. The Labute approximate surface area is 82.3 Å². The molecule has 0 heterocycles. The molecule has 0 saturated heterocycles. The molecule has 0 saturated carbocycles. The van der Waals surface area contributed by atoms with Crippen molar-refractivity contribution < 1.29 is 19.2 Å². The minimum atomic E-state index is -1.71. The lowest BCUT2D eigenvalue weighted by atomic mass is 10.1. The predicted octanol–water partition coefficient (Wildman–Crippen LogP) is 1.30. The van der Waals surface area contributed by atoms with Crippen LogP contribution in [0.5, 0.6) is 0 Å². The van der Waals surface area contributed by atoms with Crippen LogP contribution in [-0.2, 0) is 0 Å². The Morgan fingerprint density at radius 2 is 2.20 bits per heavy atom. The average molecular weight is 210 g/mol. The summed E-state index contributed by atoms with van der Waals surface area (Å²) in [6, 6.07) is 2.67. The maximum Gasteiger partial charge on any atom is 0.344 e. The molecule has 1 rings (SSSR count). The zero-order valence-electron chi connectivity index (χ0n) is 7.10. The second kappa shape index (κ2) is 3.71. The van der Waals surface area contributed by atoms with Crippen molar-refractivity contribution in [2.45, 2.75) is 0 Å². The summed E-state index contributed by atoms with van der Waals surface area (Å²) in [6.45, 7) is 0. The van der Waals surface area contributed by atoms with E-state index < -0.39 is 33.5 Å². The van der Waals surface area contributed by atoms with Crippen LogP contribution in [0.4, 0.5) is 10.1 Å². The fourth-order valence-electron chi connectivity index (χ4n) is 1.04. The highest BCUT2D eigenvalue weighted by Gasteiger charge is 2.26. The number of carbonyl (C=O) groups is 1. The van der Waals surface area contributed by atoms with Crippen LogP contribution < -0.4 is 0 Å². The maximum atomic E-state index is 12.9. The van der Waals surface area contributed by atoms with Gasteiger partial charge in [0.1, 0.15) is 17.4 Å². The number of halogens is 1. The number of nitriles is 1. The third-order valence-electron chi connectivity index (χ3n) is 1.65. The molecule has 6 nitrogen and oxygen atoms in total. The van der Waals surface area contributed by atoms with Crippen molar-refractivity contribution in [1.29, 1.82) is 5.26 Å². The molecule has 0 bridgehead atoms. The van der Waals surface area contributed by atoms with E-state index in [-0.39, 0.29) is 0 Å². The standard InChI is InChI=1S/C8H3FN2O4/c9-5-1-2-6(11(14)15)7(8(12)13)4(5)3-10/h1-2H,(H,12,13). The Balaban J connectivity index is 3.66. The first-order valence-corrected chi connectivity index (χ1v) is 3.59. The van der Waals surface area contributed by atoms with Crippen LogP contribution in [0.25, 0.3) is 0 Å². The summed E-state index contributed by atoms with van der Waals surface area (Å²) in [6.07, 6.45) is 0. The van der Waals surface area contributed by atoms with Gasteiger partial charge in [-0.3, -0.25) is 10.1 Å². The molecule has 0 aromatic heterocycles. The summed E-state index contributed by atoms with van der Waals surface area (Å²) in [7, 11) is 0. The van der Waals surface area contributed by atoms with E-state index in [0.717, 1.165) is 0 Å². The largest absolute Gasteiger partial charge is 0.477 e. The van der Waals surface area contributed by atoms with Crippen molar-refractivity contribution in [1.82, 2.24) is 0 Å². The van der Waals surface area contributed by atoms with Crippen molar-refractivity contribution >= 4 is 11.7 Å². The fourth-order valence-corrected chi connectivity index (χ4v) is 1.04. The summed E-state index contributed by atoms with van der Waals surface area (Å²) in [5, 5.41) is 27.5. The summed E-state index contributed by atoms with van der Waals surface area (Å²) in [5.41, 5.74) is -2.57. The quantitative estimate of drug-likeness (QED) is 0.585. The van der Waals surface area contributed by atoms with Crippen LogP contribution in [0.1, 0.15) is 15.9 Å². The zero-order chi connectivity index (χ0) is 11.6. The van der Waals surface area contributed by atoms with Gasteiger partial charge in [0.2, 0.25) is 0 Å². The van der Waals surface area contributed by atoms with Gasteiger partial charge in [0.05, 0.1) is 4.92 Å². The molecular weight excluding hydrogens is 207 g/mol. The Morgan fingerprint density at radius 3 is 2.60 bits per heavy atom. The van der Waals surface area contributed by atoms with E-state index in [4.69, 9.17) is 10.4 Å². The van der Waals surface area contributed by atoms with Crippen molar-refractivity contribution in [2.75, 3.05) is 0 Å². The summed E-state index contributed by atoms with van der Waals surface area (Å²) >= 11 is 0. The van der Waals surface area contributed by atoms with E-state index in [9.17, 15) is 19.3 Å². The van der Waals surface area contributed by atoms with Crippen LogP contribution in [0.15, 0.2) is 12.1 Å². The number of hydrogen-bond acceptors (Lipinski definition) is 4. The molecule has 0 atom stereocenters. The molecule has 0 radical (unpaired) electrons. The molecule has 0 fully saturated rings. The SMILES string of the molecule is N#Cc1c(F)ccc([N+](=O)[O-])c1C(=O)O. The number of benzene rings is 1. The molecule has 0 aliphatic carbocycles. The monoisotopic (exact) mass is 210 g/mol. The van der Waals surface area contributed by atoms with E-state index in [0.29, 0.717) is 12.1 Å². The van der Waals surface area contributed by atoms with Gasteiger partial charge in [0.15, 0.2) is 5.56 Å². The Hall–Kier alpha value is -2.49. The molecule has 1 N–H and O–H groups in total. The molecule has 1 aromatic carbocycles. The molecule has 7 heteroatoms. The minimum Gasteiger partial charge on any atom is -0.477 e. The topological polar surface area (TPSA) is 104 Å². The van der Waals surface area contributed by atoms with E-state index in [2.05, 4.69) is 0 Å². The van der Waals surface area contributed by atoms with Gasteiger partial charge >= 0.3 is 5.97 Å². The molecule has 0 unspecified atom stereocenters. The molecule has 76 valence electrons. The highest BCUT2D eigenvalue weighted by atomic mass is 19.1. The predicted molar refractivity (Wildman–Crippen MR) is 44.7 cm³/mol. The van der Waals surface area contributed by atoms with Gasteiger partial charge in [-0.15, -0.1) is 0 Å². The van der Waals surface area contributed by atoms with Crippen LogP contribution in [-0.4, -0.2) is 16.0 Å². The van der Waals surface area contributed by atoms with Crippen LogP contribution in [0.2, 0.25) is 0 Å². The lowest BCUT2D eigenvalue weighted by molar-refractivity contribution is -0.385. The van der Waals surface area contributed by atoms with E-state index >= 15 is 0 Å². The van der Waals surface area contributed by atoms with Gasteiger partial charge in [-0.2, -0.15) is 5.26 Å². The molecule has 0 amide bonds. The molecule has 0 aliphatic heterocycles. The lowest BCUT2D eigenvalue weighted by Gasteiger charge is -2.00. The number of hydrogen-bond donors (Lipinski definition) is 1. The van der Waals surface area contributed by atoms with E-state index in [1.807, 2.05) is 0 Å². The molecule has 15 heavy (non-hydrogen) atoms. The number of rotatable bonds is 2.